The molecule has 0 spiro atoms. The zero-order chi connectivity index (χ0) is 20.2. The fourth-order valence-electron chi connectivity index (χ4n) is 3.32. The molecule has 0 aliphatic carbocycles. The molecule has 150 valence electrons. The summed E-state index contributed by atoms with van der Waals surface area (Å²) in [5, 5.41) is 3.40. The second-order valence-electron chi connectivity index (χ2n) is 6.78. The van der Waals surface area contributed by atoms with Gasteiger partial charge in [0.1, 0.15) is 11.9 Å². The van der Waals surface area contributed by atoms with Crippen molar-refractivity contribution in [3.05, 3.63) is 53.7 Å². The number of nitrogens with zero attached hydrogens (tertiary/aromatic N) is 3. The Hall–Kier alpha value is -3.06. The number of carbonyl (C=O) groups is 1. The molecule has 8 heteroatoms. The molecule has 0 bridgehead atoms. The highest BCUT2D eigenvalue weighted by Crippen LogP contribution is 2.28. The average Bonchev–Trinajstić information content (AvgIpc) is 2.74. The molecular formula is C21H21ClN4O3. The van der Waals surface area contributed by atoms with Gasteiger partial charge in [0.2, 0.25) is 5.88 Å². The monoisotopic (exact) mass is 412 g/mol. The fourth-order valence-corrected chi connectivity index (χ4v) is 3.49. The third kappa shape index (κ3) is 4.51. The van der Waals surface area contributed by atoms with Crippen LogP contribution < -0.4 is 14.8 Å². The van der Waals surface area contributed by atoms with Gasteiger partial charge in [-0.05, 0) is 30.3 Å². The van der Waals surface area contributed by atoms with Crippen molar-refractivity contribution in [3.8, 4) is 11.6 Å². The lowest BCUT2D eigenvalue weighted by atomic mass is 10.1. The molecule has 1 saturated heterocycles. The number of likely N-dealkylation sites (tertiary alicyclic amines) is 1. The number of benzene rings is 2. The van der Waals surface area contributed by atoms with E-state index in [1.54, 1.807) is 36.4 Å². The van der Waals surface area contributed by atoms with Gasteiger partial charge in [0.05, 0.1) is 30.0 Å². The quantitative estimate of drug-likeness (QED) is 0.688. The van der Waals surface area contributed by atoms with E-state index >= 15 is 0 Å². The van der Waals surface area contributed by atoms with Crippen molar-refractivity contribution in [1.29, 1.82) is 0 Å². The van der Waals surface area contributed by atoms with Crippen LogP contribution in [-0.4, -0.2) is 47.2 Å². The van der Waals surface area contributed by atoms with E-state index in [-0.39, 0.29) is 12.1 Å². The van der Waals surface area contributed by atoms with E-state index in [4.69, 9.17) is 21.1 Å². The van der Waals surface area contributed by atoms with Gasteiger partial charge in [-0.1, -0.05) is 23.7 Å². The van der Waals surface area contributed by atoms with Crippen LogP contribution in [0.15, 0.2) is 48.7 Å². The largest absolute Gasteiger partial charge is 0.495 e. The zero-order valence-corrected chi connectivity index (χ0v) is 16.7. The Balaban J connectivity index is 1.34. The van der Waals surface area contributed by atoms with Crippen molar-refractivity contribution in [2.24, 2.45) is 0 Å². The number of aromatic nitrogens is 2. The Bertz CT molecular complexity index is 1020. The van der Waals surface area contributed by atoms with Crippen LogP contribution in [0, 0.1) is 0 Å². The number of piperidine rings is 1. The fraction of sp³-hybridized carbons (Fsp3) is 0.286. The van der Waals surface area contributed by atoms with Gasteiger partial charge in [-0.25, -0.2) is 14.8 Å². The van der Waals surface area contributed by atoms with Gasteiger partial charge in [-0.15, -0.1) is 0 Å². The number of nitrogens with one attached hydrogen (secondary N) is 1. The van der Waals surface area contributed by atoms with Gasteiger partial charge in [-0.2, -0.15) is 0 Å². The molecule has 1 aliphatic rings. The number of ether oxygens (including phenoxy) is 2. The maximum atomic E-state index is 12.6. The Kier molecular flexibility index (Phi) is 5.67. The lowest BCUT2D eigenvalue weighted by Gasteiger charge is -2.32. The van der Waals surface area contributed by atoms with E-state index in [1.807, 2.05) is 24.3 Å². The van der Waals surface area contributed by atoms with Crippen LogP contribution in [0.1, 0.15) is 12.8 Å². The number of amides is 2. The van der Waals surface area contributed by atoms with E-state index in [0.29, 0.717) is 48.3 Å². The van der Waals surface area contributed by atoms with Crippen LogP contribution in [0.5, 0.6) is 11.6 Å². The lowest BCUT2D eigenvalue weighted by molar-refractivity contribution is 0.111. The van der Waals surface area contributed by atoms with Crippen LogP contribution in [0.25, 0.3) is 11.0 Å². The minimum atomic E-state index is -0.186. The summed E-state index contributed by atoms with van der Waals surface area (Å²) in [5.41, 5.74) is 2.19. The molecule has 0 atom stereocenters. The molecule has 3 aromatic rings. The predicted molar refractivity (Wildman–Crippen MR) is 112 cm³/mol. The maximum Gasteiger partial charge on any atom is 0.321 e. The molecule has 1 fully saturated rings. The van der Waals surface area contributed by atoms with Gasteiger partial charge in [0.15, 0.2) is 0 Å². The number of urea groups is 1. The molecule has 1 aliphatic heterocycles. The second-order valence-corrected chi connectivity index (χ2v) is 7.21. The Morgan fingerprint density at radius 3 is 2.69 bits per heavy atom. The summed E-state index contributed by atoms with van der Waals surface area (Å²) < 4.78 is 11.3. The third-order valence-corrected chi connectivity index (χ3v) is 5.08. The Morgan fingerprint density at radius 2 is 1.93 bits per heavy atom. The standard InChI is InChI=1S/C21H21ClN4O3/c1-28-19-7-6-14(22)12-18(19)25-21(27)26-10-8-15(9-11-26)29-20-13-23-16-4-2-3-5-17(16)24-20/h2-7,12-13,15H,8-11H2,1H3,(H,25,27). The van der Waals surface area contributed by atoms with Gasteiger partial charge >= 0.3 is 6.03 Å². The van der Waals surface area contributed by atoms with E-state index in [9.17, 15) is 4.79 Å². The highest BCUT2D eigenvalue weighted by molar-refractivity contribution is 6.31. The molecule has 0 saturated carbocycles. The number of anilines is 1. The molecule has 1 aromatic heterocycles. The van der Waals surface area contributed by atoms with Gasteiger partial charge in [-0.3, -0.25) is 0 Å². The molecule has 4 rings (SSSR count). The van der Waals surface area contributed by atoms with E-state index in [0.717, 1.165) is 11.0 Å². The molecular weight excluding hydrogens is 392 g/mol. The maximum absolute atomic E-state index is 12.6. The minimum Gasteiger partial charge on any atom is -0.495 e. The molecule has 2 amide bonds. The third-order valence-electron chi connectivity index (χ3n) is 4.85. The molecule has 0 radical (unpaired) electrons. The number of halogens is 1. The summed E-state index contributed by atoms with van der Waals surface area (Å²) in [6.45, 7) is 1.17. The van der Waals surface area contributed by atoms with Crippen LogP contribution in [-0.2, 0) is 0 Å². The van der Waals surface area contributed by atoms with E-state index in [2.05, 4.69) is 15.3 Å². The van der Waals surface area contributed by atoms with Crippen molar-refractivity contribution >= 4 is 34.4 Å². The van der Waals surface area contributed by atoms with Gasteiger partial charge < -0.3 is 19.7 Å². The average molecular weight is 413 g/mol. The first kappa shape index (κ1) is 19.3. The van der Waals surface area contributed by atoms with Crippen molar-refractivity contribution in [2.75, 3.05) is 25.5 Å². The second kappa shape index (κ2) is 8.53. The van der Waals surface area contributed by atoms with Gasteiger partial charge in [0, 0.05) is 31.0 Å². The number of para-hydroxylation sites is 2. The number of fused-ring (bicyclic) bond motifs is 1. The highest BCUT2D eigenvalue weighted by Gasteiger charge is 2.25. The van der Waals surface area contributed by atoms with Crippen LogP contribution >= 0.6 is 11.6 Å². The van der Waals surface area contributed by atoms with Crippen molar-refractivity contribution in [3.63, 3.8) is 0 Å². The highest BCUT2D eigenvalue weighted by atomic mass is 35.5. The molecule has 0 unspecified atom stereocenters. The van der Waals surface area contributed by atoms with Crippen molar-refractivity contribution < 1.29 is 14.3 Å². The minimum absolute atomic E-state index is 0.00443. The summed E-state index contributed by atoms with van der Waals surface area (Å²) in [4.78, 5) is 23.2. The molecule has 2 heterocycles. The first-order valence-electron chi connectivity index (χ1n) is 9.40. The van der Waals surface area contributed by atoms with Crippen LogP contribution in [0.3, 0.4) is 0 Å². The van der Waals surface area contributed by atoms with Gasteiger partial charge in [0.25, 0.3) is 0 Å². The first-order chi connectivity index (χ1) is 14.1. The summed E-state index contributed by atoms with van der Waals surface area (Å²) in [5.74, 6) is 1.08. The predicted octanol–water partition coefficient (Wildman–Crippen LogP) is 4.37. The normalized spacial score (nSPS) is 14.6. The number of hydrogen-bond acceptors (Lipinski definition) is 5. The smallest absolute Gasteiger partial charge is 0.321 e. The molecule has 29 heavy (non-hydrogen) atoms. The SMILES string of the molecule is COc1ccc(Cl)cc1NC(=O)N1CCC(Oc2cnc3ccccc3n2)CC1. The van der Waals surface area contributed by atoms with E-state index in [1.165, 1.54) is 0 Å². The van der Waals surface area contributed by atoms with Crippen LogP contribution in [0.4, 0.5) is 10.5 Å². The zero-order valence-electron chi connectivity index (χ0n) is 16.0. The Morgan fingerprint density at radius 1 is 1.17 bits per heavy atom. The molecule has 2 aromatic carbocycles. The van der Waals surface area contributed by atoms with Crippen LogP contribution in [0.2, 0.25) is 5.02 Å². The molecule has 7 nitrogen and oxygen atoms in total. The summed E-state index contributed by atoms with van der Waals surface area (Å²) in [6, 6.07) is 12.6. The number of methoxy groups -OCH3 is 1. The summed E-state index contributed by atoms with van der Waals surface area (Å²) in [6.07, 6.45) is 3.07. The van der Waals surface area contributed by atoms with Crippen molar-refractivity contribution in [2.45, 2.75) is 18.9 Å². The molecule has 1 N–H and O–H groups in total. The summed E-state index contributed by atoms with van der Waals surface area (Å²) in [7, 11) is 1.55. The van der Waals surface area contributed by atoms with E-state index < -0.39 is 0 Å². The Labute approximate surface area is 173 Å². The lowest BCUT2D eigenvalue weighted by Crippen LogP contribution is -2.43. The number of rotatable bonds is 4. The topological polar surface area (TPSA) is 76.6 Å². The first-order valence-corrected chi connectivity index (χ1v) is 9.78. The van der Waals surface area contributed by atoms with Crippen molar-refractivity contribution in [1.82, 2.24) is 14.9 Å². The summed E-state index contributed by atoms with van der Waals surface area (Å²) >= 11 is 6.03. The number of carbonyl (C=O) groups excluding carboxylic acids is 1. The number of hydrogen-bond donors (Lipinski definition) is 1.